The van der Waals surface area contributed by atoms with Crippen molar-refractivity contribution in [1.82, 2.24) is 10.4 Å². The van der Waals surface area contributed by atoms with E-state index in [1.54, 1.807) is 0 Å². The average Bonchev–Trinajstić information content (AvgIpc) is 1.98. The van der Waals surface area contributed by atoms with Crippen LogP contribution in [0.3, 0.4) is 0 Å². The van der Waals surface area contributed by atoms with Gasteiger partial charge < -0.3 is 5.11 Å². The van der Waals surface area contributed by atoms with E-state index in [4.69, 9.17) is 5.11 Å². The summed E-state index contributed by atoms with van der Waals surface area (Å²) in [7, 11) is 1.37. The molecule has 50 valence electrons. The van der Waals surface area contributed by atoms with Gasteiger partial charge in [-0.15, -0.1) is 0 Å². The van der Waals surface area contributed by atoms with Crippen molar-refractivity contribution in [2.45, 2.75) is 6.10 Å². The van der Waals surface area contributed by atoms with Crippen LogP contribution in [0.4, 0.5) is 0 Å². The summed E-state index contributed by atoms with van der Waals surface area (Å²) in [6.45, 7) is 0. The number of rotatable bonds is 0. The monoisotopic (exact) mass is 130 g/mol. The number of amides is 2. The minimum atomic E-state index is -1.50. The first-order chi connectivity index (χ1) is 4.13. The molecule has 1 atom stereocenters. The summed E-state index contributed by atoms with van der Waals surface area (Å²) in [5.41, 5.74) is 2.11. The smallest absolute Gasteiger partial charge is 0.279 e. The average molecular weight is 130 g/mol. The zero-order valence-corrected chi connectivity index (χ0v) is 4.79. The molecule has 0 aliphatic carbocycles. The number of likely N-dealkylation sites (N-methyl/N-ethyl adjacent to an activating group) is 1. The first-order valence-corrected chi connectivity index (χ1v) is 2.39. The van der Waals surface area contributed by atoms with Crippen molar-refractivity contribution in [3.8, 4) is 0 Å². The Kier molecular flexibility index (Phi) is 1.14. The number of nitrogens with one attached hydrogen (secondary N) is 1. The van der Waals surface area contributed by atoms with Gasteiger partial charge in [0.25, 0.3) is 11.8 Å². The Balaban J connectivity index is 2.77. The molecule has 1 fully saturated rings. The molecule has 0 radical (unpaired) electrons. The SMILES string of the molecule is CN1NC(=O)C(O)C1=O. The van der Waals surface area contributed by atoms with Crippen LogP contribution in [-0.2, 0) is 9.59 Å². The highest BCUT2D eigenvalue weighted by Gasteiger charge is 2.34. The molecular formula is C4H6N2O3. The Morgan fingerprint density at radius 3 is 2.33 bits per heavy atom. The fraction of sp³-hybridized carbons (Fsp3) is 0.500. The zero-order valence-electron chi connectivity index (χ0n) is 4.79. The molecular weight excluding hydrogens is 124 g/mol. The minimum absolute atomic E-state index is 0.611. The topological polar surface area (TPSA) is 69.6 Å². The number of carbonyl (C=O) groups excluding carboxylic acids is 2. The van der Waals surface area contributed by atoms with E-state index in [0.717, 1.165) is 5.01 Å². The molecule has 1 heterocycles. The third-order valence-corrected chi connectivity index (χ3v) is 1.09. The van der Waals surface area contributed by atoms with Gasteiger partial charge in [-0.2, -0.15) is 0 Å². The molecule has 2 N–H and O–H groups in total. The highest BCUT2D eigenvalue weighted by atomic mass is 16.3. The molecule has 1 aliphatic heterocycles. The summed E-state index contributed by atoms with van der Waals surface area (Å²) in [6.07, 6.45) is -1.50. The largest absolute Gasteiger partial charge is 0.374 e. The van der Waals surface area contributed by atoms with Crippen LogP contribution < -0.4 is 5.43 Å². The van der Waals surface area contributed by atoms with Crippen molar-refractivity contribution in [3.05, 3.63) is 0 Å². The molecule has 1 aliphatic rings. The summed E-state index contributed by atoms with van der Waals surface area (Å²) in [4.78, 5) is 20.9. The zero-order chi connectivity index (χ0) is 7.02. The normalized spacial score (nSPS) is 26.9. The lowest BCUT2D eigenvalue weighted by Crippen LogP contribution is -2.31. The highest BCUT2D eigenvalue weighted by Crippen LogP contribution is 1.97. The second-order valence-corrected chi connectivity index (χ2v) is 1.78. The van der Waals surface area contributed by atoms with E-state index in [1.165, 1.54) is 7.05 Å². The van der Waals surface area contributed by atoms with E-state index in [9.17, 15) is 9.59 Å². The number of carbonyl (C=O) groups is 2. The van der Waals surface area contributed by atoms with Crippen molar-refractivity contribution >= 4 is 11.8 Å². The summed E-state index contributed by atoms with van der Waals surface area (Å²) in [5.74, 6) is -1.28. The Bertz CT molecular complexity index is 167. The van der Waals surface area contributed by atoms with E-state index in [2.05, 4.69) is 5.43 Å². The van der Waals surface area contributed by atoms with Gasteiger partial charge in [-0.3, -0.25) is 20.0 Å². The Hall–Kier alpha value is -1.10. The third kappa shape index (κ3) is 0.746. The molecule has 2 amide bonds. The fourth-order valence-corrected chi connectivity index (χ4v) is 0.577. The maximum atomic E-state index is 10.5. The van der Waals surface area contributed by atoms with Crippen molar-refractivity contribution in [1.29, 1.82) is 0 Å². The number of hydrogen-bond acceptors (Lipinski definition) is 3. The molecule has 5 heteroatoms. The second kappa shape index (κ2) is 1.70. The van der Waals surface area contributed by atoms with Crippen molar-refractivity contribution in [2.75, 3.05) is 7.05 Å². The van der Waals surface area contributed by atoms with Crippen LogP contribution in [0.5, 0.6) is 0 Å². The Morgan fingerprint density at radius 1 is 1.67 bits per heavy atom. The van der Waals surface area contributed by atoms with E-state index < -0.39 is 17.9 Å². The van der Waals surface area contributed by atoms with Crippen LogP contribution in [-0.4, -0.2) is 35.1 Å². The van der Waals surface area contributed by atoms with Gasteiger partial charge in [0.15, 0.2) is 0 Å². The predicted molar refractivity (Wildman–Crippen MR) is 26.9 cm³/mol. The number of hydrazine groups is 1. The van der Waals surface area contributed by atoms with Crippen molar-refractivity contribution < 1.29 is 14.7 Å². The van der Waals surface area contributed by atoms with Gasteiger partial charge in [-0.25, -0.2) is 0 Å². The molecule has 0 bridgehead atoms. The maximum absolute atomic E-state index is 10.5. The third-order valence-electron chi connectivity index (χ3n) is 1.09. The van der Waals surface area contributed by atoms with Crippen LogP contribution in [0, 0.1) is 0 Å². The first kappa shape index (κ1) is 6.03. The lowest BCUT2D eigenvalue weighted by Gasteiger charge is -2.03. The van der Waals surface area contributed by atoms with E-state index in [1.807, 2.05) is 0 Å². The fourth-order valence-electron chi connectivity index (χ4n) is 0.577. The van der Waals surface area contributed by atoms with Crippen molar-refractivity contribution in [2.24, 2.45) is 0 Å². The molecule has 1 saturated heterocycles. The molecule has 9 heavy (non-hydrogen) atoms. The molecule has 0 aromatic carbocycles. The van der Waals surface area contributed by atoms with Gasteiger partial charge in [0.05, 0.1) is 0 Å². The van der Waals surface area contributed by atoms with Gasteiger partial charge in [-0.1, -0.05) is 0 Å². The minimum Gasteiger partial charge on any atom is -0.374 e. The van der Waals surface area contributed by atoms with Gasteiger partial charge >= 0.3 is 0 Å². The first-order valence-electron chi connectivity index (χ1n) is 2.39. The Labute approximate surface area is 51.2 Å². The summed E-state index contributed by atoms with van der Waals surface area (Å²) in [6, 6.07) is 0. The summed E-state index contributed by atoms with van der Waals surface area (Å²) in [5, 5.41) is 9.58. The molecule has 0 aromatic rings. The van der Waals surface area contributed by atoms with Crippen LogP contribution in [0.15, 0.2) is 0 Å². The Morgan fingerprint density at radius 2 is 2.22 bits per heavy atom. The predicted octanol–water partition coefficient (Wildman–Crippen LogP) is -2.15. The lowest BCUT2D eigenvalue weighted by atomic mass is 10.3. The lowest BCUT2D eigenvalue weighted by molar-refractivity contribution is -0.136. The van der Waals surface area contributed by atoms with Crippen LogP contribution in [0.1, 0.15) is 0 Å². The molecule has 0 spiro atoms. The van der Waals surface area contributed by atoms with Crippen LogP contribution in [0.25, 0.3) is 0 Å². The molecule has 0 saturated carbocycles. The number of hydrogen-bond donors (Lipinski definition) is 2. The van der Waals surface area contributed by atoms with E-state index >= 15 is 0 Å². The van der Waals surface area contributed by atoms with Gasteiger partial charge in [-0.05, 0) is 0 Å². The maximum Gasteiger partial charge on any atom is 0.279 e. The summed E-state index contributed by atoms with van der Waals surface area (Å²) >= 11 is 0. The quantitative estimate of drug-likeness (QED) is 0.367. The van der Waals surface area contributed by atoms with E-state index in [0.29, 0.717) is 0 Å². The van der Waals surface area contributed by atoms with Gasteiger partial charge in [0.2, 0.25) is 6.10 Å². The van der Waals surface area contributed by atoms with Crippen LogP contribution in [0.2, 0.25) is 0 Å². The van der Waals surface area contributed by atoms with Crippen LogP contribution >= 0.6 is 0 Å². The standard InChI is InChI=1S/C4H6N2O3/c1-6-4(9)2(7)3(8)5-6/h2,7H,1H3,(H,5,8). The molecule has 5 nitrogen and oxygen atoms in total. The number of aliphatic hydroxyl groups is 1. The van der Waals surface area contributed by atoms with E-state index in [-0.39, 0.29) is 0 Å². The number of nitrogens with zero attached hydrogens (tertiary/aromatic N) is 1. The molecule has 1 rings (SSSR count). The second-order valence-electron chi connectivity index (χ2n) is 1.78. The highest BCUT2D eigenvalue weighted by molar-refractivity contribution is 6.07. The van der Waals surface area contributed by atoms with Gasteiger partial charge in [0.1, 0.15) is 0 Å². The molecule has 1 unspecified atom stereocenters. The summed E-state index contributed by atoms with van der Waals surface area (Å²) < 4.78 is 0. The van der Waals surface area contributed by atoms with Crippen molar-refractivity contribution in [3.63, 3.8) is 0 Å². The molecule has 0 aromatic heterocycles. The number of aliphatic hydroxyl groups excluding tert-OH is 1. The van der Waals surface area contributed by atoms with Gasteiger partial charge in [0, 0.05) is 7.05 Å².